The number of aromatic nitrogens is 2. The van der Waals surface area contributed by atoms with Crippen molar-refractivity contribution in [2.45, 2.75) is 25.9 Å². The molecule has 1 N–H and O–H groups in total. The highest BCUT2D eigenvalue weighted by Gasteiger charge is 2.16. The van der Waals surface area contributed by atoms with E-state index < -0.39 is 0 Å². The van der Waals surface area contributed by atoms with Gasteiger partial charge in [0.2, 0.25) is 0 Å². The van der Waals surface area contributed by atoms with Gasteiger partial charge in [-0.25, -0.2) is 0 Å². The molecule has 2 aromatic rings. The fraction of sp³-hybridized carbons (Fsp3) is 0.333. The Morgan fingerprint density at radius 3 is 3.25 bits per heavy atom. The standard InChI is InChI=1S/C15H17N3O2/c1-11(10-18-7-2-6-16-18)17-15(19)13-3-4-14-12(9-13)5-8-20-14/h2-4,6-7,9,11H,5,8,10H2,1H3,(H,17,19)/t11-/m0/s1. The van der Waals surface area contributed by atoms with E-state index in [9.17, 15) is 4.79 Å². The van der Waals surface area contributed by atoms with Crippen molar-refractivity contribution < 1.29 is 9.53 Å². The molecule has 104 valence electrons. The van der Waals surface area contributed by atoms with Crippen molar-refractivity contribution in [1.29, 1.82) is 0 Å². The highest BCUT2D eigenvalue weighted by molar-refractivity contribution is 5.94. The molecule has 0 radical (unpaired) electrons. The van der Waals surface area contributed by atoms with Gasteiger partial charge in [0.05, 0.1) is 13.2 Å². The van der Waals surface area contributed by atoms with Gasteiger partial charge in [0, 0.05) is 30.4 Å². The minimum Gasteiger partial charge on any atom is -0.493 e. The normalized spacial score (nSPS) is 14.4. The van der Waals surface area contributed by atoms with Gasteiger partial charge in [-0.2, -0.15) is 5.10 Å². The SMILES string of the molecule is C[C@@H](Cn1cccn1)NC(=O)c1ccc2c(c1)CCO2. The summed E-state index contributed by atoms with van der Waals surface area (Å²) < 4.78 is 7.25. The predicted octanol–water partition coefficient (Wildman–Crippen LogP) is 1.64. The van der Waals surface area contributed by atoms with E-state index in [1.54, 1.807) is 12.3 Å². The highest BCUT2D eigenvalue weighted by atomic mass is 16.5. The molecule has 0 fully saturated rings. The van der Waals surface area contributed by atoms with Gasteiger partial charge in [-0.05, 0) is 36.8 Å². The van der Waals surface area contributed by atoms with E-state index in [1.165, 1.54) is 0 Å². The molecule has 2 heterocycles. The predicted molar refractivity (Wildman–Crippen MR) is 74.8 cm³/mol. The Hall–Kier alpha value is -2.30. The molecular formula is C15H17N3O2. The summed E-state index contributed by atoms with van der Waals surface area (Å²) in [4.78, 5) is 12.2. The number of nitrogens with one attached hydrogen (secondary N) is 1. The minimum atomic E-state index is -0.0562. The van der Waals surface area contributed by atoms with Crippen LogP contribution in [-0.4, -0.2) is 28.3 Å². The van der Waals surface area contributed by atoms with Gasteiger partial charge in [0.15, 0.2) is 0 Å². The van der Waals surface area contributed by atoms with Gasteiger partial charge in [-0.1, -0.05) is 0 Å². The van der Waals surface area contributed by atoms with Crippen LogP contribution in [0.4, 0.5) is 0 Å². The lowest BCUT2D eigenvalue weighted by atomic mass is 10.1. The molecule has 1 atom stereocenters. The Balaban J connectivity index is 1.64. The maximum Gasteiger partial charge on any atom is 0.251 e. The highest BCUT2D eigenvalue weighted by Crippen LogP contribution is 2.25. The largest absolute Gasteiger partial charge is 0.493 e. The Bertz CT molecular complexity index is 608. The molecule has 1 aliphatic heterocycles. The molecule has 3 rings (SSSR count). The van der Waals surface area contributed by atoms with E-state index in [4.69, 9.17) is 4.74 Å². The fourth-order valence-electron chi connectivity index (χ4n) is 2.37. The van der Waals surface area contributed by atoms with E-state index in [1.807, 2.05) is 36.0 Å². The third kappa shape index (κ3) is 2.66. The van der Waals surface area contributed by atoms with E-state index in [0.29, 0.717) is 18.7 Å². The molecule has 1 aliphatic rings. The summed E-state index contributed by atoms with van der Waals surface area (Å²) in [5, 5.41) is 7.12. The van der Waals surface area contributed by atoms with Gasteiger partial charge < -0.3 is 10.1 Å². The molecule has 0 aliphatic carbocycles. The monoisotopic (exact) mass is 271 g/mol. The number of hydrogen-bond acceptors (Lipinski definition) is 3. The van der Waals surface area contributed by atoms with Crippen LogP contribution in [-0.2, 0) is 13.0 Å². The summed E-state index contributed by atoms with van der Waals surface area (Å²) in [7, 11) is 0. The van der Waals surface area contributed by atoms with E-state index >= 15 is 0 Å². The van der Waals surface area contributed by atoms with Gasteiger partial charge in [-0.3, -0.25) is 9.48 Å². The van der Waals surface area contributed by atoms with Gasteiger partial charge in [0.1, 0.15) is 5.75 Å². The first-order chi connectivity index (χ1) is 9.72. The van der Waals surface area contributed by atoms with Gasteiger partial charge in [0.25, 0.3) is 5.91 Å². The maximum absolute atomic E-state index is 12.2. The van der Waals surface area contributed by atoms with Crippen molar-refractivity contribution in [3.05, 3.63) is 47.8 Å². The van der Waals surface area contributed by atoms with Crippen LogP contribution < -0.4 is 10.1 Å². The van der Waals surface area contributed by atoms with Crippen molar-refractivity contribution >= 4 is 5.91 Å². The summed E-state index contributed by atoms with van der Waals surface area (Å²) in [5.41, 5.74) is 1.79. The lowest BCUT2D eigenvalue weighted by Gasteiger charge is -2.14. The number of rotatable bonds is 4. The third-order valence-electron chi connectivity index (χ3n) is 3.35. The molecule has 5 heteroatoms. The van der Waals surface area contributed by atoms with Crippen LogP contribution in [0.5, 0.6) is 5.75 Å². The number of amides is 1. The van der Waals surface area contributed by atoms with Crippen molar-refractivity contribution in [2.75, 3.05) is 6.61 Å². The van der Waals surface area contributed by atoms with Gasteiger partial charge in [-0.15, -0.1) is 0 Å². The lowest BCUT2D eigenvalue weighted by Crippen LogP contribution is -2.35. The number of carbonyl (C=O) groups excluding carboxylic acids is 1. The third-order valence-corrected chi connectivity index (χ3v) is 3.35. The molecule has 0 spiro atoms. The topological polar surface area (TPSA) is 56.2 Å². The van der Waals surface area contributed by atoms with Crippen LogP contribution in [0.1, 0.15) is 22.8 Å². The molecule has 0 saturated carbocycles. The Morgan fingerprint density at radius 2 is 2.45 bits per heavy atom. The smallest absolute Gasteiger partial charge is 0.251 e. The summed E-state index contributed by atoms with van der Waals surface area (Å²) in [6.07, 6.45) is 4.49. The molecule has 0 bridgehead atoms. The van der Waals surface area contributed by atoms with Crippen LogP contribution in [0.3, 0.4) is 0 Å². The molecule has 0 saturated heterocycles. The number of carbonyl (C=O) groups is 1. The van der Waals surface area contributed by atoms with Crippen molar-refractivity contribution in [3.8, 4) is 5.75 Å². The van der Waals surface area contributed by atoms with E-state index in [-0.39, 0.29) is 11.9 Å². The van der Waals surface area contributed by atoms with Crippen LogP contribution in [0.25, 0.3) is 0 Å². The minimum absolute atomic E-state index is 0.0203. The Labute approximate surface area is 117 Å². The number of fused-ring (bicyclic) bond motifs is 1. The number of ether oxygens (including phenoxy) is 1. The van der Waals surface area contributed by atoms with E-state index in [0.717, 1.165) is 17.7 Å². The van der Waals surface area contributed by atoms with Crippen molar-refractivity contribution in [1.82, 2.24) is 15.1 Å². The second-order valence-corrected chi connectivity index (χ2v) is 5.02. The number of nitrogens with zero attached hydrogens (tertiary/aromatic N) is 2. The molecule has 1 aromatic carbocycles. The van der Waals surface area contributed by atoms with Crippen LogP contribution in [0.15, 0.2) is 36.7 Å². The Kier molecular flexibility index (Phi) is 3.41. The second kappa shape index (κ2) is 5.36. The van der Waals surface area contributed by atoms with Crippen molar-refractivity contribution in [2.24, 2.45) is 0 Å². The first-order valence-corrected chi connectivity index (χ1v) is 6.76. The zero-order valence-electron chi connectivity index (χ0n) is 11.4. The van der Waals surface area contributed by atoms with Gasteiger partial charge >= 0.3 is 0 Å². The fourth-order valence-corrected chi connectivity index (χ4v) is 2.37. The summed E-state index contributed by atoms with van der Waals surface area (Å²) in [6, 6.07) is 7.48. The first kappa shape index (κ1) is 12.7. The zero-order valence-corrected chi connectivity index (χ0v) is 11.4. The molecular weight excluding hydrogens is 254 g/mol. The first-order valence-electron chi connectivity index (χ1n) is 6.76. The molecule has 5 nitrogen and oxygen atoms in total. The lowest BCUT2D eigenvalue weighted by molar-refractivity contribution is 0.0936. The second-order valence-electron chi connectivity index (χ2n) is 5.02. The van der Waals surface area contributed by atoms with Crippen LogP contribution in [0.2, 0.25) is 0 Å². The average Bonchev–Trinajstić information content (AvgIpc) is 3.07. The average molecular weight is 271 g/mol. The molecule has 0 unspecified atom stereocenters. The van der Waals surface area contributed by atoms with Crippen LogP contribution >= 0.6 is 0 Å². The molecule has 1 aromatic heterocycles. The zero-order chi connectivity index (χ0) is 13.9. The van der Waals surface area contributed by atoms with Crippen molar-refractivity contribution in [3.63, 3.8) is 0 Å². The number of hydrogen-bond donors (Lipinski definition) is 1. The Morgan fingerprint density at radius 1 is 1.55 bits per heavy atom. The summed E-state index contributed by atoms with van der Waals surface area (Å²) in [6.45, 7) is 3.33. The van der Waals surface area contributed by atoms with E-state index in [2.05, 4.69) is 10.4 Å². The maximum atomic E-state index is 12.2. The molecule has 20 heavy (non-hydrogen) atoms. The molecule has 1 amide bonds. The number of benzene rings is 1. The quantitative estimate of drug-likeness (QED) is 0.919. The van der Waals surface area contributed by atoms with Crippen LogP contribution in [0, 0.1) is 0 Å². The summed E-state index contributed by atoms with van der Waals surface area (Å²) in [5.74, 6) is 0.838. The summed E-state index contributed by atoms with van der Waals surface area (Å²) >= 11 is 0.